The predicted molar refractivity (Wildman–Crippen MR) is 43.6 cm³/mol. The normalized spacial score (nSPS) is 24.6. The Labute approximate surface area is 71.8 Å². The van der Waals surface area contributed by atoms with Crippen LogP contribution in [0.4, 0.5) is 0 Å². The van der Waals surface area contributed by atoms with Crippen LogP contribution in [0.15, 0.2) is 0 Å². The van der Waals surface area contributed by atoms with Gasteiger partial charge in [-0.15, -0.1) is 0 Å². The molecule has 1 saturated carbocycles. The van der Waals surface area contributed by atoms with Crippen LogP contribution in [0.2, 0.25) is 0 Å². The highest BCUT2D eigenvalue weighted by Crippen LogP contribution is 2.33. The molecule has 0 aromatic rings. The van der Waals surface area contributed by atoms with E-state index in [-0.39, 0.29) is 23.6 Å². The van der Waals surface area contributed by atoms with Crippen molar-refractivity contribution in [3.63, 3.8) is 0 Å². The van der Waals surface area contributed by atoms with E-state index in [0.29, 0.717) is 12.8 Å². The fourth-order valence-corrected chi connectivity index (χ4v) is 1.64. The summed E-state index contributed by atoms with van der Waals surface area (Å²) in [6, 6.07) is 0. The smallest absolute Gasteiger partial charge is 0.146 e. The summed E-state index contributed by atoms with van der Waals surface area (Å²) in [5.74, 6) is -0.962. The van der Waals surface area contributed by atoms with E-state index in [1.165, 1.54) is 0 Å². The molecule has 0 aliphatic heterocycles. The van der Waals surface area contributed by atoms with E-state index in [2.05, 4.69) is 0 Å². The van der Waals surface area contributed by atoms with Crippen LogP contribution >= 0.6 is 0 Å². The molecule has 12 heavy (non-hydrogen) atoms. The van der Waals surface area contributed by atoms with Crippen molar-refractivity contribution in [1.82, 2.24) is 0 Å². The summed E-state index contributed by atoms with van der Waals surface area (Å²) in [6.07, 6.45) is 0.813. The van der Waals surface area contributed by atoms with Gasteiger partial charge in [0.15, 0.2) is 0 Å². The minimum absolute atomic E-state index is 0.112. The largest absolute Gasteiger partial charge is 0.395 e. The van der Waals surface area contributed by atoms with Crippen molar-refractivity contribution in [2.75, 3.05) is 6.61 Å². The molecular weight excluding hydrogens is 156 g/mol. The number of rotatable bonds is 1. The third-order valence-electron chi connectivity index (χ3n) is 2.27. The fraction of sp³-hybridized carbons (Fsp3) is 0.778. The van der Waals surface area contributed by atoms with Crippen molar-refractivity contribution in [2.24, 2.45) is 11.3 Å². The van der Waals surface area contributed by atoms with Crippen molar-refractivity contribution >= 4 is 11.6 Å². The molecule has 0 spiro atoms. The monoisotopic (exact) mass is 170 g/mol. The molecule has 1 fully saturated rings. The molecule has 3 heteroatoms. The Morgan fingerprint density at radius 2 is 1.75 bits per heavy atom. The van der Waals surface area contributed by atoms with Gasteiger partial charge in [0.1, 0.15) is 11.6 Å². The minimum Gasteiger partial charge on any atom is -0.395 e. The van der Waals surface area contributed by atoms with Crippen LogP contribution in [0.25, 0.3) is 0 Å². The molecule has 0 aromatic heterocycles. The molecular formula is C9H14O3. The molecule has 68 valence electrons. The van der Waals surface area contributed by atoms with Crippen molar-refractivity contribution in [1.29, 1.82) is 0 Å². The Hall–Kier alpha value is -0.700. The molecule has 0 amide bonds. The summed E-state index contributed by atoms with van der Waals surface area (Å²) in [6.45, 7) is 3.47. The lowest BCUT2D eigenvalue weighted by atomic mass is 9.72. The molecule has 3 nitrogen and oxygen atoms in total. The first-order chi connectivity index (χ1) is 5.46. The average Bonchev–Trinajstić information content (AvgIpc) is 1.82. The first-order valence-corrected chi connectivity index (χ1v) is 4.12. The summed E-state index contributed by atoms with van der Waals surface area (Å²) >= 11 is 0. The maximum Gasteiger partial charge on any atom is 0.146 e. The fourth-order valence-electron chi connectivity index (χ4n) is 1.64. The van der Waals surface area contributed by atoms with E-state index in [1.807, 2.05) is 13.8 Å². The van der Waals surface area contributed by atoms with Crippen LogP contribution in [0.3, 0.4) is 0 Å². The molecule has 0 saturated heterocycles. The second kappa shape index (κ2) is 2.98. The number of carbonyl (C=O) groups excluding carboxylic acids is 2. The van der Waals surface area contributed by atoms with Gasteiger partial charge in [-0.2, -0.15) is 0 Å². The second-order valence-electron chi connectivity index (χ2n) is 4.19. The zero-order chi connectivity index (χ0) is 9.35. The van der Waals surface area contributed by atoms with Crippen molar-refractivity contribution in [3.05, 3.63) is 0 Å². The Balaban J connectivity index is 2.77. The molecule has 0 atom stereocenters. The Morgan fingerprint density at radius 3 is 2.08 bits per heavy atom. The number of hydrogen-bond donors (Lipinski definition) is 1. The minimum atomic E-state index is -0.738. The highest BCUT2D eigenvalue weighted by molar-refractivity contribution is 6.05. The third kappa shape index (κ3) is 1.72. The van der Waals surface area contributed by atoms with Gasteiger partial charge in [0.25, 0.3) is 0 Å². The molecule has 1 N–H and O–H groups in total. The van der Waals surface area contributed by atoms with Gasteiger partial charge in [-0.05, 0) is 5.41 Å². The highest BCUT2D eigenvalue weighted by Gasteiger charge is 2.38. The molecule has 1 aliphatic rings. The van der Waals surface area contributed by atoms with E-state index in [4.69, 9.17) is 5.11 Å². The summed E-state index contributed by atoms with van der Waals surface area (Å²) in [5.41, 5.74) is -0.208. The standard InChI is InChI=1S/C9H14O3/c1-9(2)3-7(11)6(5-10)8(12)4-9/h6,10H,3-5H2,1-2H3. The maximum atomic E-state index is 11.3. The summed E-state index contributed by atoms with van der Waals surface area (Å²) in [4.78, 5) is 22.5. The van der Waals surface area contributed by atoms with Crippen LogP contribution in [0.5, 0.6) is 0 Å². The zero-order valence-corrected chi connectivity index (χ0v) is 7.46. The number of ketones is 2. The Bertz CT molecular complexity index is 198. The molecule has 0 bridgehead atoms. The van der Waals surface area contributed by atoms with Crippen molar-refractivity contribution < 1.29 is 14.7 Å². The van der Waals surface area contributed by atoms with Gasteiger partial charge in [0, 0.05) is 12.8 Å². The van der Waals surface area contributed by atoms with Gasteiger partial charge in [0.2, 0.25) is 0 Å². The third-order valence-corrected chi connectivity index (χ3v) is 2.27. The van der Waals surface area contributed by atoms with Gasteiger partial charge in [0.05, 0.1) is 12.5 Å². The molecule has 0 aromatic carbocycles. The Kier molecular flexibility index (Phi) is 2.33. The quantitative estimate of drug-likeness (QED) is 0.585. The van der Waals surface area contributed by atoms with Gasteiger partial charge in [-0.25, -0.2) is 0 Å². The molecule has 0 heterocycles. The number of hydrogen-bond acceptors (Lipinski definition) is 3. The summed E-state index contributed by atoms with van der Waals surface area (Å²) in [7, 11) is 0. The first kappa shape index (κ1) is 9.39. The van der Waals surface area contributed by atoms with Crippen LogP contribution in [0.1, 0.15) is 26.7 Å². The number of carbonyl (C=O) groups is 2. The van der Waals surface area contributed by atoms with Crippen LogP contribution in [0, 0.1) is 11.3 Å². The predicted octanol–water partition coefficient (Wildman–Crippen LogP) is 0.553. The molecule has 0 unspecified atom stereocenters. The first-order valence-electron chi connectivity index (χ1n) is 4.12. The van der Waals surface area contributed by atoms with Crippen molar-refractivity contribution in [2.45, 2.75) is 26.7 Å². The number of aliphatic hydroxyl groups excluding tert-OH is 1. The Morgan fingerprint density at radius 1 is 1.33 bits per heavy atom. The maximum absolute atomic E-state index is 11.3. The lowest BCUT2D eigenvalue weighted by Crippen LogP contribution is -2.39. The van der Waals surface area contributed by atoms with Crippen molar-refractivity contribution in [3.8, 4) is 0 Å². The molecule has 0 radical (unpaired) electrons. The van der Waals surface area contributed by atoms with Crippen LogP contribution < -0.4 is 0 Å². The number of Topliss-reactive ketones (excluding diaryl/α,β-unsaturated/α-hetero) is 2. The second-order valence-corrected chi connectivity index (χ2v) is 4.19. The number of aliphatic hydroxyl groups is 1. The highest BCUT2D eigenvalue weighted by atomic mass is 16.3. The lowest BCUT2D eigenvalue weighted by Gasteiger charge is -2.30. The molecule has 1 rings (SSSR count). The summed E-state index contributed by atoms with van der Waals surface area (Å²) < 4.78 is 0. The van der Waals surface area contributed by atoms with Gasteiger partial charge in [-0.1, -0.05) is 13.8 Å². The topological polar surface area (TPSA) is 54.4 Å². The average molecular weight is 170 g/mol. The van der Waals surface area contributed by atoms with E-state index >= 15 is 0 Å². The zero-order valence-electron chi connectivity index (χ0n) is 7.46. The SMILES string of the molecule is CC1(C)CC(=O)C(CO)C(=O)C1. The lowest BCUT2D eigenvalue weighted by molar-refractivity contribution is -0.141. The molecule has 1 aliphatic carbocycles. The van der Waals surface area contributed by atoms with Gasteiger partial charge in [-0.3, -0.25) is 9.59 Å². The van der Waals surface area contributed by atoms with E-state index in [0.717, 1.165) is 0 Å². The van der Waals surface area contributed by atoms with Crippen LogP contribution in [-0.4, -0.2) is 23.3 Å². The van der Waals surface area contributed by atoms with Gasteiger partial charge >= 0.3 is 0 Å². The van der Waals surface area contributed by atoms with Gasteiger partial charge < -0.3 is 5.11 Å². The van der Waals surface area contributed by atoms with E-state index < -0.39 is 5.92 Å². The van der Waals surface area contributed by atoms with E-state index in [9.17, 15) is 9.59 Å². The van der Waals surface area contributed by atoms with E-state index in [1.54, 1.807) is 0 Å². The summed E-state index contributed by atoms with van der Waals surface area (Å²) in [5, 5.41) is 8.76. The van der Waals surface area contributed by atoms with Crippen LogP contribution in [-0.2, 0) is 9.59 Å².